The van der Waals surface area contributed by atoms with Gasteiger partial charge in [0.05, 0.1) is 5.02 Å². The van der Waals surface area contributed by atoms with Gasteiger partial charge in [-0.3, -0.25) is 0 Å². The predicted octanol–water partition coefficient (Wildman–Crippen LogP) is 4.39. The highest BCUT2D eigenvalue weighted by atomic mass is 35.5. The molecular weight excluding hydrogens is 270 g/mol. The minimum atomic E-state index is 0.141. The van der Waals surface area contributed by atoms with Gasteiger partial charge in [0, 0.05) is 18.3 Å². The maximum atomic E-state index is 9.51. The lowest BCUT2D eigenvalue weighted by atomic mass is 9.96. The summed E-state index contributed by atoms with van der Waals surface area (Å²) in [5, 5.41) is 9.93. The summed E-state index contributed by atoms with van der Waals surface area (Å²) in [7, 11) is 0. The van der Waals surface area contributed by atoms with Crippen LogP contribution >= 0.6 is 11.6 Å². The summed E-state index contributed by atoms with van der Waals surface area (Å²) in [6.07, 6.45) is 2.31. The number of hydrogen-bond acceptors (Lipinski definition) is 2. The van der Waals surface area contributed by atoms with Gasteiger partial charge in [-0.25, -0.2) is 0 Å². The van der Waals surface area contributed by atoms with Crippen molar-refractivity contribution in [1.82, 2.24) is 0 Å². The smallest absolute Gasteiger partial charge is 0.134 e. The van der Waals surface area contributed by atoms with Gasteiger partial charge in [0.25, 0.3) is 0 Å². The minimum absolute atomic E-state index is 0.141. The Balaban J connectivity index is 1.91. The molecule has 2 aromatic rings. The molecule has 0 spiro atoms. The molecule has 2 aromatic carbocycles. The second-order valence-corrected chi connectivity index (χ2v) is 5.84. The fourth-order valence-electron chi connectivity index (χ4n) is 2.85. The number of para-hydroxylation sites is 1. The van der Waals surface area contributed by atoms with Crippen molar-refractivity contribution in [3.8, 4) is 5.75 Å². The van der Waals surface area contributed by atoms with E-state index in [0.717, 1.165) is 18.5 Å². The van der Waals surface area contributed by atoms with Crippen LogP contribution < -0.4 is 4.90 Å². The molecule has 0 aliphatic carbocycles. The minimum Gasteiger partial charge on any atom is -0.506 e. The molecule has 2 nitrogen and oxygen atoms in total. The van der Waals surface area contributed by atoms with Crippen molar-refractivity contribution in [2.75, 3.05) is 4.90 Å². The molecule has 1 unspecified atom stereocenters. The first-order valence-electron chi connectivity index (χ1n) is 6.97. The van der Waals surface area contributed by atoms with Crippen LogP contribution in [0.1, 0.15) is 24.5 Å². The average molecular weight is 288 g/mol. The zero-order chi connectivity index (χ0) is 14.1. The molecular formula is C17H18ClNO. The summed E-state index contributed by atoms with van der Waals surface area (Å²) >= 11 is 6.00. The quantitative estimate of drug-likeness (QED) is 0.886. The van der Waals surface area contributed by atoms with Crippen molar-refractivity contribution in [2.45, 2.75) is 32.4 Å². The molecule has 3 rings (SSSR count). The van der Waals surface area contributed by atoms with Crippen LogP contribution in [0.5, 0.6) is 5.75 Å². The van der Waals surface area contributed by atoms with E-state index >= 15 is 0 Å². The van der Waals surface area contributed by atoms with Crippen LogP contribution in [0.4, 0.5) is 5.69 Å². The second-order valence-electron chi connectivity index (χ2n) is 5.43. The lowest BCUT2D eigenvalue weighted by molar-refractivity contribution is 0.475. The topological polar surface area (TPSA) is 23.5 Å². The van der Waals surface area contributed by atoms with Gasteiger partial charge in [-0.2, -0.15) is 0 Å². The van der Waals surface area contributed by atoms with E-state index in [4.69, 9.17) is 11.6 Å². The lowest BCUT2D eigenvalue weighted by Gasteiger charge is -2.37. The fraction of sp³-hybridized carbons (Fsp3) is 0.294. The Bertz CT molecular complexity index is 626. The molecule has 0 saturated heterocycles. The van der Waals surface area contributed by atoms with Crippen LogP contribution in [0.2, 0.25) is 5.02 Å². The van der Waals surface area contributed by atoms with Crippen molar-refractivity contribution in [2.24, 2.45) is 0 Å². The molecule has 1 N–H and O–H groups in total. The number of nitrogens with zero attached hydrogens (tertiary/aromatic N) is 1. The Hall–Kier alpha value is -1.67. The van der Waals surface area contributed by atoms with Crippen LogP contribution in [0, 0.1) is 0 Å². The molecule has 0 amide bonds. The maximum absolute atomic E-state index is 9.51. The van der Waals surface area contributed by atoms with Gasteiger partial charge in [-0.05, 0) is 49.1 Å². The van der Waals surface area contributed by atoms with Crippen molar-refractivity contribution in [3.05, 3.63) is 58.6 Å². The molecule has 0 aromatic heterocycles. The molecule has 3 heteroatoms. The molecule has 1 aliphatic heterocycles. The largest absolute Gasteiger partial charge is 0.506 e. The third-order valence-electron chi connectivity index (χ3n) is 4.03. The summed E-state index contributed by atoms with van der Waals surface area (Å²) in [6.45, 7) is 3.08. The monoisotopic (exact) mass is 287 g/mol. The third-order valence-corrected chi connectivity index (χ3v) is 4.33. The summed E-state index contributed by atoms with van der Waals surface area (Å²) in [4.78, 5) is 2.42. The molecule has 0 bridgehead atoms. The number of fused-ring (bicyclic) bond motifs is 1. The molecule has 0 fully saturated rings. The Morgan fingerprint density at radius 3 is 2.85 bits per heavy atom. The van der Waals surface area contributed by atoms with E-state index in [1.54, 1.807) is 6.07 Å². The number of anilines is 1. The first-order chi connectivity index (χ1) is 9.65. The molecule has 1 atom stereocenters. The average Bonchev–Trinajstić information content (AvgIpc) is 2.46. The first kappa shape index (κ1) is 13.3. The predicted molar refractivity (Wildman–Crippen MR) is 83.5 cm³/mol. The van der Waals surface area contributed by atoms with Gasteiger partial charge >= 0.3 is 0 Å². The molecule has 20 heavy (non-hydrogen) atoms. The van der Waals surface area contributed by atoms with Crippen LogP contribution in [-0.2, 0) is 13.0 Å². The third kappa shape index (κ3) is 2.48. The Kier molecular flexibility index (Phi) is 3.58. The number of phenols is 1. The van der Waals surface area contributed by atoms with Crippen molar-refractivity contribution in [1.29, 1.82) is 0 Å². The van der Waals surface area contributed by atoms with E-state index in [1.807, 2.05) is 12.1 Å². The maximum Gasteiger partial charge on any atom is 0.134 e. The van der Waals surface area contributed by atoms with Crippen LogP contribution in [0.15, 0.2) is 42.5 Å². The summed E-state index contributed by atoms with van der Waals surface area (Å²) in [6, 6.07) is 14.5. The van der Waals surface area contributed by atoms with Gasteiger partial charge in [-0.1, -0.05) is 35.9 Å². The molecule has 1 aliphatic rings. The second kappa shape index (κ2) is 5.37. The van der Waals surface area contributed by atoms with Crippen LogP contribution in [0.25, 0.3) is 0 Å². The van der Waals surface area contributed by atoms with E-state index in [0.29, 0.717) is 11.1 Å². The van der Waals surface area contributed by atoms with Gasteiger partial charge in [0.1, 0.15) is 5.75 Å². The van der Waals surface area contributed by atoms with Crippen molar-refractivity contribution in [3.63, 3.8) is 0 Å². The number of benzene rings is 2. The Labute approximate surface area is 124 Å². The lowest BCUT2D eigenvalue weighted by Crippen LogP contribution is -2.36. The zero-order valence-electron chi connectivity index (χ0n) is 11.5. The normalized spacial score (nSPS) is 17.9. The van der Waals surface area contributed by atoms with E-state index < -0.39 is 0 Å². The van der Waals surface area contributed by atoms with Gasteiger partial charge in [0.15, 0.2) is 0 Å². The number of phenolic OH excluding ortho intramolecular Hbond substituents is 1. The molecule has 1 heterocycles. The fourth-order valence-corrected chi connectivity index (χ4v) is 3.05. The summed E-state index contributed by atoms with van der Waals surface area (Å²) in [5.41, 5.74) is 3.85. The van der Waals surface area contributed by atoms with E-state index in [-0.39, 0.29) is 5.75 Å². The molecule has 0 radical (unpaired) electrons. The number of aromatic hydroxyl groups is 1. The van der Waals surface area contributed by atoms with Gasteiger partial charge in [-0.15, -0.1) is 0 Å². The zero-order valence-corrected chi connectivity index (χ0v) is 12.3. The molecule has 104 valence electrons. The highest BCUT2D eigenvalue weighted by Gasteiger charge is 2.22. The Morgan fingerprint density at radius 2 is 2.05 bits per heavy atom. The number of hydrogen-bond donors (Lipinski definition) is 1. The van der Waals surface area contributed by atoms with Crippen molar-refractivity contribution < 1.29 is 5.11 Å². The van der Waals surface area contributed by atoms with Crippen molar-refractivity contribution >= 4 is 17.3 Å². The molecule has 0 saturated carbocycles. The number of rotatable bonds is 2. The van der Waals surface area contributed by atoms with E-state index in [9.17, 15) is 5.11 Å². The van der Waals surface area contributed by atoms with E-state index in [1.165, 1.54) is 17.7 Å². The Morgan fingerprint density at radius 1 is 1.25 bits per heavy atom. The first-order valence-corrected chi connectivity index (χ1v) is 7.35. The summed E-state index contributed by atoms with van der Waals surface area (Å²) in [5.74, 6) is 0.141. The van der Waals surface area contributed by atoms with Gasteiger partial charge < -0.3 is 10.0 Å². The van der Waals surface area contributed by atoms with E-state index in [2.05, 4.69) is 36.1 Å². The number of aryl methyl sites for hydroxylation is 1. The standard InChI is InChI=1S/C17H18ClNO/c1-12-6-8-14-4-2-3-5-16(14)19(12)11-13-7-9-17(20)15(18)10-13/h2-5,7,9-10,12,20H,6,8,11H2,1H3. The highest BCUT2D eigenvalue weighted by molar-refractivity contribution is 6.32. The SMILES string of the molecule is CC1CCc2ccccc2N1Cc1ccc(O)c(Cl)c1. The number of halogens is 1. The van der Waals surface area contributed by atoms with Gasteiger partial charge in [0.2, 0.25) is 0 Å². The highest BCUT2D eigenvalue weighted by Crippen LogP contribution is 2.32. The van der Waals surface area contributed by atoms with Crippen LogP contribution in [-0.4, -0.2) is 11.1 Å². The van der Waals surface area contributed by atoms with Crippen LogP contribution in [0.3, 0.4) is 0 Å². The summed E-state index contributed by atoms with van der Waals surface area (Å²) < 4.78 is 0.